The molecule has 162 valence electrons. The topological polar surface area (TPSA) is 97.4 Å². The molecule has 1 aromatic heterocycles. The molecule has 0 radical (unpaired) electrons. The first kappa shape index (κ1) is 22.0. The van der Waals surface area contributed by atoms with Crippen LogP contribution in [0.5, 0.6) is 5.75 Å². The SMILES string of the molecule is CC(C)(C)S(=O)(=O)N[C@H]1CC[C@H](C(=O)Nc2cc(OC3CCCC3)ccn2)CC1. The summed E-state index contributed by atoms with van der Waals surface area (Å²) >= 11 is 0. The Balaban J connectivity index is 1.50. The quantitative estimate of drug-likeness (QED) is 0.728. The average molecular weight is 424 g/mol. The van der Waals surface area contributed by atoms with Crippen molar-refractivity contribution in [2.45, 2.75) is 89.0 Å². The molecule has 7 nitrogen and oxygen atoms in total. The molecule has 0 saturated heterocycles. The lowest BCUT2D eigenvalue weighted by atomic mass is 9.86. The van der Waals surface area contributed by atoms with Crippen LogP contribution in [0.15, 0.2) is 18.3 Å². The highest BCUT2D eigenvalue weighted by molar-refractivity contribution is 7.90. The van der Waals surface area contributed by atoms with Crippen LogP contribution < -0.4 is 14.8 Å². The van der Waals surface area contributed by atoms with Crippen LogP contribution >= 0.6 is 0 Å². The fraction of sp³-hybridized carbons (Fsp3) is 0.714. The highest BCUT2D eigenvalue weighted by Gasteiger charge is 2.34. The van der Waals surface area contributed by atoms with Gasteiger partial charge in [0.1, 0.15) is 11.6 Å². The molecule has 0 atom stereocenters. The zero-order chi connectivity index (χ0) is 21.1. The van der Waals surface area contributed by atoms with E-state index in [-0.39, 0.29) is 24.0 Å². The molecule has 0 aromatic carbocycles. The molecule has 2 fully saturated rings. The van der Waals surface area contributed by atoms with Crippen molar-refractivity contribution < 1.29 is 17.9 Å². The number of pyridine rings is 1. The molecule has 2 saturated carbocycles. The first-order valence-corrected chi connectivity index (χ1v) is 12.1. The molecule has 0 unspecified atom stereocenters. The summed E-state index contributed by atoms with van der Waals surface area (Å²) in [6, 6.07) is 3.49. The van der Waals surface area contributed by atoms with Gasteiger partial charge in [-0.3, -0.25) is 4.79 Å². The number of amides is 1. The van der Waals surface area contributed by atoms with Crippen LogP contribution in [0.25, 0.3) is 0 Å². The molecule has 0 spiro atoms. The van der Waals surface area contributed by atoms with Crippen LogP contribution in [0.2, 0.25) is 0 Å². The summed E-state index contributed by atoms with van der Waals surface area (Å²) in [4.78, 5) is 16.9. The zero-order valence-corrected chi connectivity index (χ0v) is 18.4. The van der Waals surface area contributed by atoms with Crippen molar-refractivity contribution in [2.24, 2.45) is 5.92 Å². The number of ether oxygens (including phenoxy) is 1. The number of aromatic nitrogens is 1. The number of anilines is 1. The van der Waals surface area contributed by atoms with Crippen molar-refractivity contribution in [2.75, 3.05) is 5.32 Å². The van der Waals surface area contributed by atoms with Crippen LogP contribution in [0, 0.1) is 5.92 Å². The molecule has 8 heteroatoms. The molecule has 2 aliphatic rings. The molecule has 1 heterocycles. The van der Waals surface area contributed by atoms with Gasteiger partial charge in [-0.05, 0) is 78.2 Å². The second kappa shape index (κ2) is 9.00. The van der Waals surface area contributed by atoms with E-state index in [0.717, 1.165) is 18.6 Å². The Morgan fingerprint density at radius 3 is 2.38 bits per heavy atom. The Labute approximate surface area is 174 Å². The third kappa shape index (κ3) is 5.92. The summed E-state index contributed by atoms with van der Waals surface area (Å²) in [6.45, 7) is 5.06. The summed E-state index contributed by atoms with van der Waals surface area (Å²) in [5, 5.41) is 2.90. The Kier molecular flexibility index (Phi) is 6.83. The summed E-state index contributed by atoms with van der Waals surface area (Å²) in [7, 11) is -3.37. The van der Waals surface area contributed by atoms with Gasteiger partial charge >= 0.3 is 0 Å². The van der Waals surface area contributed by atoms with Gasteiger partial charge in [-0.15, -0.1) is 0 Å². The van der Waals surface area contributed by atoms with Gasteiger partial charge in [0, 0.05) is 24.2 Å². The number of nitrogens with zero attached hydrogens (tertiary/aromatic N) is 1. The van der Waals surface area contributed by atoms with Crippen LogP contribution in [0.4, 0.5) is 5.82 Å². The van der Waals surface area contributed by atoms with Gasteiger partial charge in [0.25, 0.3) is 0 Å². The fourth-order valence-corrected chi connectivity index (χ4v) is 4.88. The zero-order valence-electron chi connectivity index (χ0n) is 17.6. The number of carbonyl (C=O) groups excluding carboxylic acids is 1. The molecule has 2 aliphatic carbocycles. The van der Waals surface area contributed by atoms with Gasteiger partial charge in [-0.25, -0.2) is 18.1 Å². The lowest BCUT2D eigenvalue weighted by Gasteiger charge is -2.30. The summed E-state index contributed by atoms with van der Waals surface area (Å²) in [5.74, 6) is 1.04. The van der Waals surface area contributed by atoms with E-state index in [2.05, 4.69) is 15.0 Å². The number of hydrogen-bond acceptors (Lipinski definition) is 5. The van der Waals surface area contributed by atoms with Gasteiger partial charge in [0.2, 0.25) is 15.9 Å². The largest absolute Gasteiger partial charge is 0.490 e. The van der Waals surface area contributed by atoms with Gasteiger partial charge < -0.3 is 10.1 Å². The van der Waals surface area contributed by atoms with E-state index in [0.29, 0.717) is 31.5 Å². The van der Waals surface area contributed by atoms with Gasteiger partial charge in [-0.2, -0.15) is 0 Å². The van der Waals surface area contributed by atoms with E-state index in [4.69, 9.17) is 4.74 Å². The normalized spacial score (nSPS) is 23.7. The van der Waals surface area contributed by atoms with Gasteiger partial charge in [-0.1, -0.05) is 0 Å². The van der Waals surface area contributed by atoms with E-state index in [1.54, 1.807) is 33.0 Å². The average Bonchev–Trinajstić information content (AvgIpc) is 3.14. The van der Waals surface area contributed by atoms with Crippen LogP contribution in [0.1, 0.15) is 72.1 Å². The minimum absolute atomic E-state index is 0.0624. The number of nitrogens with one attached hydrogen (secondary N) is 2. The van der Waals surface area contributed by atoms with Crippen LogP contribution in [-0.2, 0) is 14.8 Å². The number of carbonyl (C=O) groups is 1. The number of rotatable bonds is 6. The first-order chi connectivity index (χ1) is 13.6. The summed E-state index contributed by atoms with van der Waals surface area (Å²) in [6.07, 6.45) is 9.09. The fourth-order valence-electron chi connectivity index (χ4n) is 3.85. The maximum absolute atomic E-state index is 12.6. The van der Waals surface area contributed by atoms with Crippen molar-refractivity contribution >= 4 is 21.7 Å². The summed E-state index contributed by atoms with van der Waals surface area (Å²) < 4.78 is 32.6. The van der Waals surface area contributed by atoms with E-state index < -0.39 is 14.8 Å². The maximum atomic E-state index is 12.6. The lowest BCUT2D eigenvalue weighted by Crippen LogP contribution is -2.46. The molecular weight excluding hydrogens is 390 g/mol. The third-order valence-corrected chi connectivity index (χ3v) is 8.07. The highest BCUT2D eigenvalue weighted by atomic mass is 32.2. The maximum Gasteiger partial charge on any atom is 0.228 e. The smallest absolute Gasteiger partial charge is 0.228 e. The minimum atomic E-state index is -3.37. The standard InChI is InChI=1S/C21H33N3O4S/c1-21(2,3)29(26,27)24-16-10-8-15(9-11-16)20(25)23-19-14-18(12-13-22-19)28-17-6-4-5-7-17/h12-17,24H,4-11H2,1-3H3,(H,22,23,25)/t15-,16-. The molecule has 29 heavy (non-hydrogen) atoms. The molecule has 3 rings (SSSR count). The van der Waals surface area contributed by atoms with E-state index in [1.165, 1.54) is 12.8 Å². The van der Waals surface area contributed by atoms with E-state index >= 15 is 0 Å². The van der Waals surface area contributed by atoms with Crippen molar-refractivity contribution in [3.63, 3.8) is 0 Å². The molecule has 1 amide bonds. The van der Waals surface area contributed by atoms with Crippen molar-refractivity contribution in [1.29, 1.82) is 0 Å². The molecular formula is C21H33N3O4S. The van der Waals surface area contributed by atoms with Crippen molar-refractivity contribution in [1.82, 2.24) is 9.71 Å². The number of hydrogen-bond donors (Lipinski definition) is 2. The monoisotopic (exact) mass is 423 g/mol. The Morgan fingerprint density at radius 2 is 1.76 bits per heavy atom. The summed E-state index contributed by atoms with van der Waals surface area (Å²) in [5.41, 5.74) is 0. The highest BCUT2D eigenvalue weighted by Crippen LogP contribution is 2.28. The van der Waals surface area contributed by atoms with Crippen LogP contribution in [-0.4, -0.2) is 36.2 Å². The minimum Gasteiger partial charge on any atom is -0.490 e. The van der Waals surface area contributed by atoms with E-state index in [9.17, 15) is 13.2 Å². The molecule has 2 N–H and O–H groups in total. The Bertz CT molecular complexity index is 805. The van der Waals surface area contributed by atoms with Crippen LogP contribution in [0.3, 0.4) is 0 Å². The van der Waals surface area contributed by atoms with Crippen molar-refractivity contribution in [3.8, 4) is 5.75 Å². The Morgan fingerprint density at radius 1 is 1.10 bits per heavy atom. The van der Waals surface area contributed by atoms with Gasteiger partial charge in [0.05, 0.1) is 10.9 Å². The number of sulfonamides is 1. The van der Waals surface area contributed by atoms with E-state index in [1.807, 2.05) is 6.07 Å². The van der Waals surface area contributed by atoms with Gasteiger partial charge in [0.15, 0.2) is 0 Å². The first-order valence-electron chi connectivity index (χ1n) is 10.6. The third-order valence-electron chi connectivity index (χ3n) is 5.81. The predicted molar refractivity (Wildman–Crippen MR) is 113 cm³/mol. The molecule has 0 bridgehead atoms. The second-order valence-corrected chi connectivity index (χ2v) is 11.6. The predicted octanol–water partition coefficient (Wildman–Crippen LogP) is 3.62. The molecule has 1 aromatic rings. The molecule has 0 aliphatic heterocycles. The second-order valence-electron chi connectivity index (χ2n) is 9.17. The lowest BCUT2D eigenvalue weighted by molar-refractivity contribution is -0.120. The Hall–Kier alpha value is -1.67. The van der Waals surface area contributed by atoms with Crippen molar-refractivity contribution in [3.05, 3.63) is 18.3 Å².